The maximum Gasteiger partial charge on any atom is 0.234 e. The zero-order valence-corrected chi connectivity index (χ0v) is 9.36. The minimum Gasteiger partial charge on any atom is -0.353 e. The molecular weight excluding hydrogens is 190 g/mol. The SMILES string of the molecule is CC(C)NCC(=O)NCCn1cccc1. The van der Waals surface area contributed by atoms with E-state index in [2.05, 4.69) is 10.6 Å². The fourth-order valence-electron chi connectivity index (χ4n) is 1.20. The summed E-state index contributed by atoms with van der Waals surface area (Å²) in [6.45, 7) is 5.93. The van der Waals surface area contributed by atoms with Crippen molar-refractivity contribution in [3.8, 4) is 0 Å². The van der Waals surface area contributed by atoms with Crippen LogP contribution in [-0.2, 0) is 11.3 Å². The Morgan fingerprint density at radius 2 is 2.00 bits per heavy atom. The Bertz CT molecular complexity index is 280. The molecule has 0 atom stereocenters. The molecule has 0 bridgehead atoms. The molecule has 1 aromatic heterocycles. The van der Waals surface area contributed by atoms with Crippen LogP contribution < -0.4 is 10.6 Å². The molecule has 84 valence electrons. The molecule has 15 heavy (non-hydrogen) atoms. The van der Waals surface area contributed by atoms with Crippen molar-refractivity contribution in [1.29, 1.82) is 0 Å². The maximum absolute atomic E-state index is 11.3. The molecule has 0 aliphatic rings. The highest BCUT2D eigenvalue weighted by Crippen LogP contribution is 1.87. The predicted octanol–water partition coefficient (Wildman–Crippen LogP) is 0.602. The van der Waals surface area contributed by atoms with E-state index in [4.69, 9.17) is 0 Å². The third-order valence-electron chi connectivity index (χ3n) is 2.03. The van der Waals surface area contributed by atoms with Gasteiger partial charge in [0.1, 0.15) is 0 Å². The van der Waals surface area contributed by atoms with E-state index in [9.17, 15) is 4.79 Å². The smallest absolute Gasteiger partial charge is 0.234 e. The van der Waals surface area contributed by atoms with Crippen molar-refractivity contribution in [3.05, 3.63) is 24.5 Å². The van der Waals surface area contributed by atoms with Crippen LogP contribution in [0.25, 0.3) is 0 Å². The Morgan fingerprint density at radius 3 is 2.60 bits per heavy atom. The first-order valence-corrected chi connectivity index (χ1v) is 5.29. The van der Waals surface area contributed by atoms with E-state index in [0.717, 1.165) is 6.54 Å². The first-order valence-electron chi connectivity index (χ1n) is 5.29. The average Bonchev–Trinajstić information content (AvgIpc) is 2.67. The molecule has 0 radical (unpaired) electrons. The van der Waals surface area contributed by atoms with Gasteiger partial charge in [0.15, 0.2) is 0 Å². The molecule has 4 heteroatoms. The number of nitrogens with zero attached hydrogens (tertiary/aromatic N) is 1. The molecule has 0 saturated heterocycles. The van der Waals surface area contributed by atoms with Crippen LogP contribution in [0.5, 0.6) is 0 Å². The molecule has 0 aliphatic heterocycles. The number of carbonyl (C=O) groups is 1. The normalized spacial score (nSPS) is 10.6. The highest BCUT2D eigenvalue weighted by atomic mass is 16.1. The second-order valence-electron chi connectivity index (χ2n) is 3.81. The molecule has 0 fully saturated rings. The molecule has 0 aromatic carbocycles. The number of hydrogen-bond donors (Lipinski definition) is 2. The molecule has 2 N–H and O–H groups in total. The van der Waals surface area contributed by atoms with Gasteiger partial charge in [0, 0.05) is 31.5 Å². The summed E-state index contributed by atoms with van der Waals surface area (Å²) in [5.41, 5.74) is 0. The monoisotopic (exact) mass is 209 g/mol. The van der Waals surface area contributed by atoms with Crippen molar-refractivity contribution in [2.45, 2.75) is 26.4 Å². The predicted molar refractivity (Wildman–Crippen MR) is 60.6 cm³/mol. The van der Waals surface area contributed by atoms with Crippen LogP contribution in [0.1, 0.15) is 13.8 Å². The van der Waals surface area contributed by atoms with Gasteiger partial charge in [-0.25, -0.2) is 0 Å². The Balaban J connectivity index is 2.07. The summed E-state index contributed by atoms with van der Waals surface area (Å²) in [5.74, 6) is 0.0517. The standard InChI is InChI=1S/C11H19N3O/c1-10(2)13-9-11(15)12-5-8-14-6-3-4-7-14/h3-4,6-7,10,13H,5,8-9H2,1-2H3,(H,12,15). The highest BCUT2D eigenvalue weighted by molar-refractivity contribution is 5.77. The van der Waals surface area contributed by atoms with Gasteiger partial charge >= 0.3 is 0 Å². The van der Waals surface area contributed by atoms with Gasteiger partial charge < -0.3 is 15.2 Å². The van der Waals surface area contributed by atoms with Gasteiger partial charge in [-0.3, -0.25) is 4.79 Å². The van der Waals surface area contributed by atoms with Crippen LogP contribution in [0.2, 0.25) is 0 Å². The molecule has 0 aliphatic carbocycles. The first kappa shape index (κ1) is 11.8. The van der Waals surface area contributed by atoms with E-state index in [-0.39, 0.29) is 5.91 Å². The summed E-state index contributed by atoms with van der Waals surface area (Å²) in [6.07, 6.45) is 3.97. The topological polar surface area (TPSA) is 46.1 Å². The molecule has 4 nitrogen and oxygen atoms in total. The Kier molecular flexibility index (Phi) is 4.90. The van der Waals surface area contributed by atoms with Crippen LogP contribution in [0.15, 0.2) is 24.5 Å². The Labute approximate surface area is 90.7 Å². The fourth-order valence-corrected chi connectivity index (χ4v) is 1.20. The third kappa shape index (κ3) is 5.22. The summed E-state index contributed by atoms with van der Waals surface area (Å²) in [6, 6.07) is 4.30. The zero-order valence-electron chi connectivity index (χ0n) is 9.36. The van der Waals surface area contributed by atoms with Crippen molar-refractivity contribution in [2.24, 2.45) is 0 Å². The third-order valence-corrected chi connectivity index (χ3v) is 2.03. The van der Waals surface area contributed by atoms with Crippen LogP contribution in [-0.4, -0.2) is 29.6 Å². The van der Waals surface area contributed by atoms with Crippen LogP contribution >= 0.6 is 0 Å². The molecule has 1 heterocycles. The molecule has 1 aromatic rings. The summed E-state index contributed by atoms with van der Waals surface area (Å²) in [7, 11) is 0. The van der Waals surface area contributed by atoms with Gasteiger partial charge in [0.05, 0.1) is 6.54 Å². The number of hydrogen-bond acceptors (Lipinski definition) is 2. The molecule has 1 amide bonds. The van der Waals surface area contributed by atoms with Crippen molar-refractivity contribution in [3.63, 3.8) is 0 Å². The summed E-state index contributed by atoms with van der Waals surface area (Å²) in [5, 5.41) is 5.92. The number of amides is 1. The lowest BCUT2D eigenvalue weighted by atomic mass is 10.4. The van der Waals surface area contributed by atoms with Gasteiger partial charge in [0.2, 0.25) is 5.91 Å². The number of nitrogens with one attached hydrogen (secondary N) is 2. The number of aromatic nitrogens is 1. The van der Waals surface area contributed by atoms with Gasteiger partial charge in [-0.05, 0) is 12.1 Å². The van der Waals surface area contributed by atoms with E-state index in [1.807, 2.05) is 42.9 Å². The minimum atomic E-state index is 0.0517. The van der Waals surface area contributed by atoms with E-state index < -0.39 is 0 Å². The van der Waals surface area contributed by atoms with E-state index in [0.29, 0.717) is 19.1 Å². The summed E-state index contributed by atoms with van der Waals surface area (Å²) < 4.78 is 2.04. The lowest BCUT2D eigenvalue weighted by Gasteiger charge is -2.09. The first-order chi connectivity index (χ1) is 7.18. The Hall–Kier alpha value is -1.29. The second-order valence-corrected chi connectivity index (χ2v) is 3.81. The van der Waals surface area contributed by atoms with E-state index in [1.165, 1.54) is 0 Å². The number of rotatable bonds is 6. The van der Waals surface area contributed by atoms with Crippen molar-refractivity contribution in [1.82, 2.24) is 15.2 Å². The van der Waals surface area contributed by atoms with Gasteiger partial charge in [0.25, 0.3) is 0 Å². The Morgan fingerprint density at radius 1 is 1.33 bits per heavy atom. The van der Waals surface area contributed by atoms with E-state index in [1.54, 1.807) is 0 Å². The molecule has 0 spiro atoms. The van der Waals surface area contributed by atoms with Crippen LogP contribution in [0.4, 0.5) is 0 Å². The van der Waals surface area contributed by atoms with Gasteiger partial charge in [-0.1, -0.05) is 13.8 Å². The highest BCUT2D eigenvalue weighted by Gasteiger charge is 2.00. The van der Waals surface area contributed by atoms with Gasteiger partial charge in [-0.2, -0.15) is 0 Å². The molecule has 0 saturated carbocycles. The van der Waals surface area contributed by atoms with Gasteiger partial charge in [-0.15, -0.1) is 0 Å². The van der Waals surface area contributed by atoms with Crippen LogP contribution in [0.3, 0.4) is 0 Å². The van der Waals surface area contributed by atoms with Crippen molar-refractivity contribution in [2.75, 3.05) is 13.1 Å². The average molecular weight is 209 g/mol. The zero-order chi connectivity index (χ0) is 11.1. The quantitative estimate of drug-likeness (QED) is 0.721. The molecule has 1 rings (SSSR count). The summed E-state index contributed by atoms with van der Waals surface area (Å²) in [4.78, 5) is 11.3. The fraction of sp³-hybridized carbons (Fsp3) is 0.545. The van der Waals surface area contributed by atoms with Crippen molar-refractivity contribution < 1.29 is 4.79 Å². The molecule has 0 unspecified atom stereocenters. The van der Waals surface area contributed by atoms with E-state index >= 15 is 0 Å². The second kappa shape index (κ2) is 6.24. The lowest BCUT2D eigenvalue weighted by molar-refractivity contribution is -0.120. The minimum absolute atomic E-state index is 0.0517. The summed E-state index contributed by atoms with van der Waals surface area (Å²) >= 11 is 0. The molecular formula is C11H19N3O. The lowest BCUT2D eigenvalue weighted by Crippen LogP contribution is -2.38. The van der Waals surface area contributed by atoms with Crippen molar-refractivity contribution >= 4 is 5.91 Å². The largest absolute Gasteiger partial charge is 0.353 e. The maximum atomic E-state index is 11.3. The number of carbonyl (C=O) groups excluding carboxylic acids is 1. The van der Waals surface area contributed by atoms with Crippen LogP contribution in [0, 0.1) is 0 Å².